The van der Waals surface area contributed by atoms with Crippen molar-refractivity contribution in [3.8, 4) is 11.5 Å². The average molecular weight is 376 g/mol. The van der Waals surface area contributed by atoms with Crippen LogP contribution in [0.1, 0.15) is 52.1 Å². The summed E-state index contributed by atoms with van der Waals surface area (Å²) >= 11 is 0. The molecule has 1 aromatic carbocycles. The lowest BCUT2D eigenvalue weighted by Crippen LogP contribution is -2.45. The molecule has 27 heavy (non-hydrogen) atoms. The highest BCUT2D eigenvalue weighted by atomic mass is 16.5. The van der Waals surface area contributed by atoms with Gasteiger partial charge in [-0.3, -0.25) is 0 Å². The molecule has 2 amide bonds. The number of amides is 2. The van der Waals surface area contributed by atoms with Gasteiger partial charge in [-0.05, 0) is 44.9 Å². The van der Waals surface area contributed by atoms with Crippen LogP contribution in [0.25, 0.3) is 0 Å². The van der Waals surface area contributed by atoms with Crippen molar-refractivity contribution < 1.29 is 23.8 Å². The van der Waals surface area contributed by atoms with Gasteiger partial charge in [0.2, 0.25) is 0 Å². The van der Waals surface area contributed by atoms with Crippen LogP contribution in [0.2, 0.25) is 0 Å². The molecule has 1 aliphatic rings. The molecule has 1 aliphatic heterocycles. The number of ether oxygens (including phenoxy) is 3. The summed E-state index contributed by atoms with van der Waals surface area (Å²) in [4.78, 5) is 24.6. The summed E-state index contributed by atoms with van der Waals surface area (Å²) < 4.78 is 16.5. The second-order valence-electron chi connectivity index (χ2n) is 6.64. The molecule has 148 valence electrons. The lowest BCUT2D eigenvalue weighted by molar-refractivity contribution is -0.143. The van der Waals surface area contributed by atoms with E-state index in [9.17, 15) is 9.59 Å². The van der Waals surface area contributed by atoms with Gasteiger partial charge in [0.05, 0.1) is 31.4 Å². The molecule has 1 heterocycles. The number of hydrogen-bond donors (Lipinski definition) is 2. The van der Waals surface area contributed by atoms with E-state index in [2.05, 4.69) is 17.6 Å². The predicted octanol–water partition coefficient (Wildman–Crippen LogP) is 3.45. The molecular formula is C20H28N2O5. The van der Waals surface area contributed by atoms with Crippen molar-refractivity contribution >= 4 is 12.0 Å². The zero-order chi connectivity index (χ0) is 20.0. The molecule has 0 aliphatic carbocycles. The molecular weight excluding hydrogens is 348 g/mol. The highest BCUT2D eigenvalue weighted by Crippen LogP contribution is 2.34. The van der Waals surface area contributed by atoms with Gasteiger partial charge in [-0.25, -0.2) is 9.59 Å². The Morgan fingerprint density at radius 2 is 2.00 bits per heavy atom. The molecule has 0 radical (unpaired) electrons. The third-order valence-electron chi connectivity index (χ3n) is 4.11. The fourth-order valence-electron chi connectivity index (χ4n) is 2.80. The summed E-state index contributed by atoms with van der Waals surface area (Å²) in [7, 11) is 1.56. The minimum absolute atomic E-state index is 0.264. The molecule has 1 atom stereocenters. The van der Waals surface area contributed by atoms with Crippen molar-refractivity contribution in [2.75, 3.05) is 13.7 Å². The summed E-state index contributed by atoms with van der Waals surface area (Å²) in [5, 5.41) is 5.42. The zero-order valence-electron chi connectivity index (χ0n) is 16.5. The Hall–Kier alpha value is -2.70. The van der Waals surface area contributed by atoms with E-state index >= 15 is 0 Å². The second kappa shape index (κ2) is 9.30. The number of rotatable bonds is 8. The zero-order valence-corrected chi connectivity index (χ0v) is 16.5. The first-order chi connectivity index (χ1) is 12.9. The Balaban J connectivity index is 2.36. The highest BCUT2D eigenvalue weighted by molar-refractivity contribution is 5.95. The van der Waals surface area contributed by atoms with Crippen molar-refractivity contribution in [1.29, 1.82) is 0 Å². The van der Waals surface area contributed by atoms with E-state index in [0.717, 1.165) is 12.8 Å². The van der Waals surface area contributed by atoms with Crippen molar-refractivity contribution in [2.45, 2.75) is 52.7 Å². The lowest BCUT2D eigenvalue weighted by atomic mass is 9.95. The summed E-state index contributed by atoms with van der Waals surface area (Å²) in [6.07, 6.45) is 1.72. The maximum atomic E-state index is 12.6. The van der Waals surface area contributed by atoms with Crippen molar-refractivity contribution in [2.24, 2.45) is 0 Å². The van der Waals surface area contributed by atoms with Crippen LogP contribution in [0.4, 0.5) is 4.79 Å². The minimum atomic E-state index is -0.636. The third-order valence-corrected chi connectivity index (χ3v) is 4.11. The first-order valence-electron chi connectivity index (χ1n) is 9.17. The monoisotopic (exact) mass is 376 g/mol. The Morgan fingerprint density at radius 3 is 2.63 bits per heavy atom. The standard InChI is InChI=1S/C20H28N2O5/c1-6-7-10-26-15-9-8-14(11-16(15)25-5)18-17(19(23)27-12(2)3)13(4)21-20(24)22-18/h8-9,11-12,18H,6-7,10H2,1-5H3,(H2,21,22,24). The molecule has 0 saturated heterocycles. The van der Waals surface area contributed by atoms with Gasteiger partial charge in [0.1, 0.15) is 0 Å². The van der Waals surface area contributed by atoms with Crippen LogP contribution in [0.3, 0.4) is 0 Å². The number of carbonyl (C=O) groups is 2. The van der Waals surface area contributed by atoms with Gasteiger partial charge in [-0.1, -0.05) is 19.4 Å². The van der Waals surface area contributed by atoms with Crippen molar-refractivity contribution in [1.82, 2.24) is 10.6 Å². The molecule has 0 bridgehead atoms. The molecule has 2 rings (SSSR count). The number of hydrogen-bond acceptors (Lipinski definition) is 5. The fraction of sp³-hybridized carbons (Fsp3) is 0.500. The van der Waals surface area contributed by atoms with Gasteiger partial charge in [-0.2, -0.15) is 0 Å². The van der Waals surface area contributed by atoms with Crippen LogP contribution >= 0.6 is 0 Å². The average Bonchev–Trinajstić information content (AvgIpc) is 2.60. The number of esters is 1. The van der Waals surface area contributed by atoms with Crippen LogP contribution in [0.15, 0.2) is 29.5 Å². The van der Waals surface area contributed by atoms with Gasteiger partial charge < -0.3 is 24.8 Å². The number of unbranched alkanes of at least 4 members (excludes halogenated alkanes) is 1. The summed E-state index contributed by atoms with van der Waals surface area (Å²) in [6.45, 7) is 7.94. The smallest absolute Gasteiger partial charge is 0.338 e. The number of urea groups is 1. The lowest BCUT2D eigenvalue weighted by Gasteiger charge is -2.29. The Morgan fingerprint density at radius 1 is 1.26 bits per heavy atom. The molecule has 0 aromatic heterocycles. The minimum Gasteiger partial charge on any atom is -0.493 e. The van der Waals surface area contributed by atoms with Crippen LogP contribution < -0.4 is 20.1 Å². The molecule has 0 fully saturated rings. The second-order valence-corrected chi connectivity index (χ2v) is 6.64. The van der Waals surface area contributed by atoms with Crippen LogP contribution in [0.5, 0.6) is 11.5 Å². The van der Waals surface area contributed by atoms with Gasteiger partial charge >= 0.3 is 12.0 Å². The van der Waals surface area contributed by atoms with E-state index in [1.54, 1.807) is 40.0 Å². The largest absolute Gasteiger partial charge is 0.493 e. The first-order valence-corrected chi connectivity index (χ1v) is 9.17. The molecule has 1 aromatic rings. The van der Waals surface area contributed by atoms with Crippen LogP contribution in [0, 0.1) is 0 Å². The number of carbonyl (C=O) groups excluding carboxylic acids is 2. The quantitative estimate of drug-likeness (QED) is 0.536. The SMILES string of the molecule is CCCCOc1ccc(C2NC(=O)NC(C)=C2C(=O)OC(C)C)cc1OC. The van der Waals surface area contributed by atoms with Gasteiger partial charge in [-0.15, -0.1) is 0 Å². The predicted molar refractivity (Wildman–Crippen MR) is 102 cm³/mol. The van der Waals surface area contributed by atoms with E-state index in [0.29, 0.717) is 34.9 Å². The van der Waals surface area contributed by atoms with E-state index in [1.165, 1.54) is 0 Å². The van der Waals surface area contributed by atoms with Gasteiger partial charge in [0, 0.05) is 5.70 Å². The molecule has 0 saturated carbocycles. The number of allylic oxidation sites excluding steroid dienone is 1. The Bertz CT molecular complexity index is 727. The number of methoxy groups -OCH3 is 1. The van der Waals surface area contributed by atoms with E-state index in [4.69, 9.17) is 14.2 Å². The van der Waals surface area contributed by atoms with E-state index in [1.807, 2.05) is 6.07 Å². The molecule has 1 unspecified atom stereocenters. The summed E-state index contributed by atoms with van der Waals surface area (Å²) in [5.41, 5.74) is 1.54. The number of nitrogens with one attached hydrogen (secondary N) is 2. The molecule has 7 heteroatoms. The summed E-state index contributed by atoms with van der Waals surface area (Å²) in [6, 6.07) is 4.37. The maximum Gasteiger partial charge on any atom is 0.338 e. The van der Waals surface area contributed by atoms with Crippen molar-refractivity contribution in [3.63, 3.8) is 0 Å². The van der Waals surface area contributed by atoms with E-state index < -0.39 is 12.0 Å². The molecule has 7 nitrogen and oxygen atoms in total. The van der Waals surface area contributed by atoms with Gasteiger partial charge in [0.15, 0.2) is 11.5 Å². The van der Waals surface area contributed by atoms with Crippen LogP contribution in [-0.2, 0) is 9.53 Å². The maximum absolute atomic E-state index is 12.6. The normalized spacial score (nSPS) is 16.7. The Labute approximate surface area is 160 Å². The van der Waals surface area contributed by atoms with E-state index in [-0.39, 0.29) is 12.1 Å². The topological polar surface area (TPSA) is 85.9 Å². The third kappa shape index (κ3) is 5.15. The first kappa shape index (κ1) is 20.6. The Kier molecular flexibility index (Phi) is 7.10. The van der Waals surface area contributed by atoms with Crippen molar-refractivity contribution in [3.05, 3.63) is 35.0 Å². The molecule has 0 spiro atoms. The van der Waals surface area contributed by atoms with Crippen LogP contribution in [-0.4, -0.2) is 31.8 Å². The molecule has 2 N–H and O–H groups in total. The highest BCUT2D eigenvalue weighted by Gasteiger charge is 2.33. The van der Waals surface area contributed by atoms with Gasteiger partial charge in [0.25, 0.3) is 0 Å². The summed E-state index contributed by atoms with van der Waals surface area (Å²) in [5.74, 6) is 0.704. The fourth-order valence-corrected chi connectivity index (χ4v) is 2.80. The number of benzene rings is 1.